The van der Waals surface area contributed by atoms with Crippen molar-refractivity contribution in [2.75, 3.05) is 0 Å². The van der Waals surface area contributed by atoms with Crippen molar-refractivity contribution in [2.24, 2.45) is 0 Å². The van der Waals surface area contributed by atoms with Gasteiger partial charge in [0.25, 0.3) is 0 Å². The van der Waals surface area contributed by atoms with Crippen LogP contribution in [0.2, 0.25) is 0 Å². The normalized spacial score (nSPS) is 17.8. The molecular formula is C5H11O5P2+. The predicted octanol–water partition coefficient (Wildman–Crippen LogP) is 2.15. The van der Waals surface area contributed by atoms with Crippen LogP contribution < -0.4 is 0 Å². The lowest BCUT2D eigenvalue weighted by molar-refractivity contribution is 0.359. The molecule has 0 aromatic carbocycles. The van der Waals surface area contributed by atoms with Crippen LogP contribution in [0.15, 0.2) is 11.9 Å². The summed E-state index contributed by atoms with van der Waals surface area (Å²) in [5.74, 6) is 0.917. The van der Waals surface area contributed by atoms with E-state index in [4.69, 9.17) is 9.79 Å². The van der Waals surface area contributed by atoms with Crippen LogP contribution in [0.4, 0.5) is 0 Å². The average molecular weight is 213 g/mol. The lowest BCUT2D eigenvalue weighted by Gasteiger charge is -1.93. The molecule has 0 aliphatic rings. The third kappa shape index (κ3) is 6.65. The van der Waals surface area contributed by atoms with Crippen LogP contribution in [-0.4, -0.2) is 9.79 Å². The van der Waals surface area contributed by atoms with Crippen molar-refractivity contribution in [3.63, 3.8) is 0 Å². The minimum absolute atomic E-state index is 0.635. The van der Waals surface area contributed by atoms with Crippen LogP contribution in [0.1, 0.15) is 19.8 Å². The second kappa shape index (κ2) is 5.57. The second-order valence-corrected chi connectivity index (χ2v) is 4.61. The molecule has 0 radical (unpaired) electrons. The van der Waals surface area contributed by atoms with E-state index < -0.39 is 15.9 Å². The van der Waals surface area contributed by atoms with Crippen molar-refractivity contribution < 1.29 is 23.2 Å². The summed E-state index contributed by atoms with van der Waals surface area (Å²) in [5.41, 5.74) is 0. The Morgan fingerprint density at radius 1 is 1.67 bits per heavy atom. The van der Waals surface area contributed by atoms with Crippen LogP contribution in [0.25, 0.3) is 0 Å². The smallest absolute Gasteiger partial charge is 0.319 e. The zero-order valence-electron chi connectivity index (χ0n) is 6.58. The first-order valence-corrected chi connectivity index (χ1v) is 6.11. The van der Waals surface area contributed by atoms with Gasteiger partial charge in [0.2, 0.25) is 0 Å². The Morgan fingerprint density at radius 3 is 2.67 bits per heavy atom. The van der Waals surface area contributed by atoms with Crippen molar-refractivity contribution in [2.45, 2.75) is 19.8 Å². The summed E-state index contributed by atoms with van der Waals surface area (Å²) in [6, 6.07) is 0. The Kier molecular flexibility index (Phi) is 5.55. The van der Waals surface area contributed by atoms with Crippen molar-refractivity contribution in [3.05, 3.63) is 11.9 Å². The van der Waals surface area contributed by atoms with E-state index in [9.17, 15) is 9.13 Å². The highest BCUT2D eigenvalue weighted by Gasteiger charge is 2.29. The predicted molar refractivity (Wildman–Crippen MR) is 44.8 cm³/mol. The third-order valence-electron chi connectivity index (χ3n) is 0.936. The van der Waals surface area contributed by atoms with E-state index in [1.807, 2.05) is 6.92 Å². The molecule has 0 saturated heterocycles. The van der Waals surface area contributed by atoms with E-state index in [2.05, 4.69) is 4.31 Å². The Bertz CT molecular complexity index is 224. The summed E-state index contributed by atoms with van der Waals surface area (Å²) in [7, 11) is -7.02. The molecule has 2 unspecified atom stereocenters. The number of allylic oxidation sites excluding steroid dienone is 1. The SMILES string of the molecule is CCCC=CP(=O)(O)O[P+](=O)O. The molecule has 0 aliphatic heterocycles. The fourth-order valence-corrected chi connectivity index (χ4v) is 1.94. The molecule has 0 aromatic heterocycles. The zero-order valence-corrected chi connectivity index (χ0v) is 8.37. The van der Waals surface area contributed by atoms with E-state index in [1.54, 1.807) is 0 Å². The molecule has 0 aromatic rings. The van der Waals surface area contributed by atoms with Gasteiger partial charge in [0.05, 0.1) is 0 Å². The molecule has 0 bridgehead atoms. The van der Waals surface area contributed by atoms with Gasteiger partial charge in [0.15, 0.2) is 0 Å². The summed E-state index contributed by atoms with van der Waals surface area (Å²) in [5, 5.41) is 0. The average Bonchev–Trinajstić information content (AvgIpc) is 1.84. The number of hydrogen-bond acceptors (Lipinski definition) is 3. The van der Waals surface area contributed by atoms with E-state index in [-0.39, 0.29) is 0 Å². The molecule has 0 fully saturated rings. The lowest BCUT2D eigenvalue weighted by atomic mass is 10.3. The van der Waals surface area contributed by atoms with E-state index in [0.29, 0.717) is 6.42 Å². The van der Waals surface area contributed by atoms with Gasteiger partial charge in [0.1, 0.15) is 0 Å². The molecule has 0 rings (SSSR count). The summed E-state index contributed by atoms with van der Waals surface area (Å²) >= 11 is 0. The van der Waals surface area contributed by atoms with Crippen LogP contribution in [-0.2, 0) is 13.4 Å². The van der Waals surface area contributed by atoms with Crippen LogP contribution >= 0.6 is 15.9 Å². The standard InChI is InChI=1S/C5H10O5P2/c1-2-3-4-5-12(8,9)10-11(6)7/h4-5H,2-3H2,1H3,(H-,6,7,8,9)/p+1. The van der Waals surface area contributed by atoms with Crippen molar-refractivity contribution in [1.82, 2.24) is 0 Å². The van der Waals surface area contributed by atoms with Gasteiger partial charge in [-0.25, -0.2) is 0 Å². The van der Waals surface area contributed by atoms with Gasteiger partial charge in [-0.15, -0.1) is 4.89 Å². The summed E-state index contributed by atoms with van der Waals surface area (Å²) < 4.78 is 24.7. The van der Waals surface area contributed by atoms with Crippen molar-refractivity contribution in [1.29, 1.82) is 0 Å². The molecule has 7 heteroatoms. The first-order chi connectivity index (χ1) is 5.48. The van der Waals surface area contributed by atoms with Gasteiger partial charge in [-0.2, -0.15) is 0 Å². The Hall–Kier alpha value is -0.0500. The highest BCUT2D eigenvalue weighted by atomic mass is 31.2. The largest absolute Gasteiger partial charge is 0.703 e. The highest BCUT2D eigenvalue weighted by Crippen LogP contribution is 2.50. The Balaban J connectivity index is 4.04. The van der Waals surface area contributed by atoms with Gasteiger partial charge >= 0.3 is 15.9 Å². The minimum Gasteiger partial charge on any atom is -0.319 e. The van der Waals surface area contributed by atoms with Crippen molar-refractivity contribution in [3.8, 4) is 0 Å². The number of unbranched alkanes of at least 4 members (excludes halogenated alkanes) is 1. The van der Waals surface area contributed by atoms with Gasteiger partial charge in [0, 0.05) is 10.4 Å². The van der Waals surface area contributed by atoms with Crippen LogP contribution in [0.3, 0.4) is 0 Å². The summed E-state index contributed by atoms with van der Waals surface area (Å²) in [6.45, 7) is 1.90. The van der Waals surface area contributed by atoms with Crippen LogP contribution in [0.5, 0.6) is 0 Å². The molecule has 0 aliphatic carbocycles. The molecule has 12 heavy (non-hydrogen) atoms. The van der Waals surface area contributed by atoms with E-state index >= 15 is 0 Å². The molecular weight excluding hydrogens is 202 g/mol. The molecule has 0 amide bonds. The number of hydrogen-bond donors (Lipinski definition) is 2. The van der Waals surface area contributed by atoms with Gasteiger partial charge in [-0.3, -0.25) is 4.57 Å². The molecule has 5 nitrogen and oxygen atoms in total. The molecule has 2 N–H and O–H groups in total. The summed E-state index contributed by atoms with van der Waals surface area (Å²) in [6.07, 6.45) is 2.91. The first kappa shape index (κ1) is 11.9. The Labute approximate surface area is 71.6 Å². The molecule has 70 valence electrons. The first-order valence-electron chi connectivity index (χ1n) is 3.34. The summed E-state index contributed by atoms with van der Waals surface area (Å²) in [4.78, 5) is 17.0. The topological polar surface area (TPSA) is 83.8 Å². The van der Waals surface area contributed by atoms with E-state index in [0.717, 1.165) is 12.2 Å². The molecule has 2 atom stereocenters. The molecule has 0 heterocycles. The lowest BCUT2D eigenvalue weighted by Crippen LogP contribution is -1.75. The monoisotopic (exact) mass is 213 g/mol. The van der Waals surface area contributed by atoms with E-state index in [1.165, 1.54) is 6.08 Å². The fourth-order valence-electron chi connectivity index (χ4n) is 0.502. The zero-order chi connectivity index (χ0) is 9.61. The maximum Gasteiger partial charge on any atom is 0.703 e. The highest BCUT2D eigenvalue weighted by molar-refractivity contribution is 7.62. The maximum atomic E-state index is 10.8. The van der Waals surface area contributed by atoms with Gasteiger partial charge < -0.3 is 4.89 Å². The third-order valence-corrected chi connectivity index (χ3v) is 3.02. The van der Waals surface area contributed by atoms with Gasteiger partial charge in [-0.1, -0.05) is 19.4 Å². The van der Waals surface area contributed by atoms with Gasteiger partial charge in [-0.05, 0) is 10.7 Å². The molecule has 0 saturated carbocycles. The van der Waals surface area contributed by atoms with Crippen LogP contribution in [0, 0.1) is 0 Å². The molecule has 0 spiro atoms. The fraction of sp³-hybridized carbons (Fsp3) is 0.600. The Morgan fingerprint density at radius 2 is 2.25 bits per heavy atom. The maximum absolute atomic E-state index is 10.8. The number of rotatable bonds is 5. The second-order valence-electron chi connectivity index (χ2n) is 2.06. The van der Waals surface area contributed by atoms with Crippen molar-refractivity contribution >= 4 is 15.9 Å². The minimum atomic E-state index is -3.99. The quantitative estimate of drug-likeness (QED) is 0.683.